The molecule has 0 aliphatic carbocycles. The van der Waals surface area contributed by atoms with Crippen LogP contribution >= 0.6 is 11.3 Å². The number of hydrogen-bond acceptors (Lipinski definition) is 4. The average Bonchev–Trinajstić information content (AvgIpc) is 2.52. The highest BCUT2D eigenvalue weighted by Gasteiger charge is 2.07. The molecular weight excluding hydrogens is 196 g/mol. The van der Waals surface area contributed by atoms with E-state index in [4.69, 9.17) is 0 Å². The maximum Gasteiger partial charge on any atom is 0.0954 e. The van der Waals surface area contributed by atoms with Gasteiger partial charge >= 0.3 is 0 Å². The van der Waals surface area contributed by atoms with Crippen LogP contribution in [0.5, 0.6) is 0 Å². The molecule has 4 heteroatoms. The number of nitrogens with zero attached hydrogens (tertiary/aromatic N) is 1. The summed E-state index contributed by atoms with van der Waals surface area (Å²) in [6, 6.07) is 0. The van der Waals surface area contributed by atoms with Gasteiger partial charge in [-0.05, 0) is 19.9 Å². The molecule has 2 N–H and O–H groups in total. The van der Waals surface area contributed by atoms with Gasteiger partial charge in [-0.15, -0.1) is 11.3 Å². The third kappa shape index (κ3) is 4.17. The number of aromatic nitrogens is 1. The summed E-state index contributed by atoms with van der Waals surface area (Å²) in [5, 5.41) is 15.9. The fourth-order valence-corrected chi connectivity index (χ4v) is 2.06. The van der Waals surface area contributed by atoms with Crippen molar-refractivity contribution >= 4 is 11.3 Å². The van der Waals surface area contributed by atoms with Crippen LogP contribution in [0.3, 0.4) is 0 Å². The van der Waals surface area contributed by atoms with Crippen molar-refractivity contribution in [3.63, 3.8) is 0 Å². The standard InChI is InChI=1S/C10H18N2OS/c1-3-4-11-6-9(13)5-10-12-8(2)7-14-10/h7,9,11,13H,3-6H2,1-2H3. The fourth-order valence-electron chi connectivity index (χ4n) is 1.22. The molecule has 1 unspecified atom stereocenters. The number of nitrogens with one attached hydrogen (secondary N) is 1. The minimum atomic E-state index is -0.313. The fraction of sp³-hybridized carbons (Fsp3) is 0.700. The zero-order valence-electron chi connectivity index (χ0n) is 8.79. The van der Waals surface area contributed by atoms with E-state index in [0.717, 1.165) is 23.7 Å². The first kappa shape index (κ1) is 11.6. The van der Waals surface area contributed by atoms with Crippen LogP contribution in [0.2, 0.25) is 0 Å². The van der Waals surface area contributed by atoms with Crippen LogP contribution in [-0.2, 0) is 6.42 Å². The second-order valence-electron chi connectivity index (χ2n) is 3.44. The Kier molecular flexibility index (Phi) is 5.07. The molecule has 0 saturated carbocycles. The number of aliphatic hydroxyl groups excluding tert-OH is 1. The Morgan fingerprint density at radius 2 is 2.43 bits per heavy atom. The van der Waals surface area contributed by atoms with Crippen LogP contribution in [0, 0.1) is 6.92 Å². The molecule has 0 spiro atoms. The van der Waals surface area contributed by atoms with Gasteiger partial charge in [-0.25, -0.2) is 4.98 Å². The van der Waals surface area contributed by atoms with E-state index in [-0.39, 0.29) is 6.10 Å². The maximum atomic E-state index is 9.64. The highest BCUT2D eigenvalue weighted by molar-refractivity contribution is 7.09. The largest absolute Gasteiger partial charge is 0.391 e. The zero-order valence-corrected chi connectivity index (χ0v) is 9.60. The lowest BCUT2D eigenvalue weighted by molar-refractivity contribution is 0.172. The SMILES string of the molecule is CCCNCC(O)Cc1nc(C)cs1. The van der Waals surface area contributed by atoms with Crippen molar-refractivity contribution < 1.29 is 5.11 Å². The summed E-state index contributed by atoms with van der Waals surface area (Å²) in [6.45, 7) is 5.71. The molecule has 14 heavy (non-hydrogen) atoms. The van der Waals surface area contributed by atoms with E-state index in [1.54, 1.807) is 11.3 Å². The Balaban J connectivity index is 2.23. The van der Waals surface area contributed by atoms with Crippen molar-refractivity contribution in [2.75, 3.05) is 13.1 Å². The second-order valence-corrected chi connectivity index (χ2v) is 4.39. The molecule has 0 aliphatic heterocycles. The molecular formula is C10H18N2OS. The summed E-state index contributed by atoms with van der Waals surface area (Å²) in [5.74, 6) is 0. The highest BCUT2D eigenvalue weighted by atomic mass is 32.1. The molecule has 0 aliphatic rings. The Bertz CT molecular complexity index is 262. The van der Waals surface area contributed by atoms with Crippen molar-refractivity contribution in [1.29, 1.82) is 0 Å². The molecule has 0 bridgehead atoms. The number of thiazole rings is 1. The highest BCUT2D eigenvalue weighted by Crippen LogP contribution is 2.10. The topological polar surface area (TPSA) is 45.1 Å². The molecule has 1 aromatic rings. The van der Waals surface area contributed by atoms with E-state index in [9.17, 15) is 5.11 Å². The molecule has 0 fully saturated rings. The summed E-state index contributed by atoms with van der Waals surface area (Å²) in [7, 11) is 0. The van der Waals surface area contributed by atoms with E-state index in [1.165, 1.54) is 0 Å². The predicted octanol–water partition coefficient (Wildman–Crippen LogP) is 1.35. The molecule has 0 amide bonds. The van der Waals surface area contributed by atoms with Crippen LogP contribution < -0.4 is 5.32 Å². The van der Waals surface area contributed by atoms with Gasteiger partial charge in [0.25, 0.3) is 0 Å². The van der Waals surface area contributed by atoms with Gasteiger partial charge in [0.05, 0.1) is 11.1 Å². The van der Waals surface area contributed by atoms with Crippen LogP contribution in [0.1, 0.15) is 24.0 Å². The molecule has 1 heterocycles. The van der Waals surface area contributed by atoms with Gasteiger partial charge in [0.2, 0.25) is 0 Å². The molecule has 1 atom stereocenters. The van der Waals surface area contributed by atoms with E-state index in [1.807, 2.05) is 12.3 Å². The minimum absolute atomic E-state index is 0.313. The van der Waals surface area contributed by atoms with Crippen molar-refractivity contribution in [3.8, 4) is 0 Å². The summed E-state index contributed by atoms with van der Waals surface area (Å²) < 4.78 is 0. The monoisotopic (exact) mass is 214 g/mol. The van der Waals surface area contributed by atoms with Gasteiger partial charge in [0.15, 0.2) is 0 Å². The van der Waals surface area contributed by atoms with Gasteiger partial charge in [-0.2, -0.15) is 0 Å². The first-order valence-corrected chi connectivity index (χ1v) is 5.90. The third-order valence-corrected chi connectivity index (χ3v) is 2.87. The van der Waals surface area contributed by atoms with E-state index >= 15 is 0 Å². The van der Waals surface area contributed by atoms with Gasteiger partial charge in [0, 0.05) is 24.0 Å². The van der Waals surface area contributed by atoms with Crippen molar-refractivity contribution in [2.24, 2.45) is 0 Å². The van der Waals surface area contributed by atoms with Crippen LogP contribution in [-0.4, -0.2) is 29.3 Å². The van der Waals surface area contributed by atoms with Gasteiger partial charge in [0.1, 0.15) is 0 Å². The summed E-state index contributed by atoms with van der Waals surface area (Å²) >= 11 is 1.62. The average molecular weight is 214 g/mol. The van der Waals surface area contributed by atoms with E-state index in [0.29, 0.717) is 13.0 Å². The Labute approximate surface area is 89.2 Å². The third-order valence-electron chi connectivity index (χ3n) is 1.88. The minimum Gasteiger partial charge on any atom is -0.391 e. The van der Waals surface area contributed by atoms with Crippen LogP contribution in [0.15, 0.2) is 5.38 Å². The lowest BCUT2D eigenvalue weighted by atomic mass is 10.2. The zero-order chi connectivity index (χ0) is 10.4. The van der Waals surface area contributed by atoms with Crippen molar-refractivity contribution in [2.45, 2.75) is 32.8 Å². The van der Waals surface area contributed by atoms with Crippen molar-refractivity contribution in [1.82, 2.24) is 10.3 Å². The number of rotatable bonds is 6. The number of hydrogen-bond donors (Lipinski definition) is 2. The molecule has 3 nitrogen and oxygen atoms in total. The van der Waals surface area contributed by atoms with Gasteiger partial charge in [-0.3, -0.25) is 0 Å². The molecule has 80 valence electrons. The number of aliphatic hydroxyl groups is 1. The van der Waals surface area contributed by atoms with E-state index < -0.39 is 0 Å². The molecule has 1 rings (SSSR count). The first-order chi connectivity index (χ1) is 6.72. The van der Waals surface area contributed by atoms with E-state index in [2.05, 4.69) is 17.2 Å². The summed E-state index contributed by atoms with van der Waals surface area (Å²) in [4.78, 5) is 4.31. The Morgan fingerprint density at radius 3 is 3.00 bits per heavy atom. The maximum absolute atomic E-state index is 9.64. The normalized spacial score (nSPS) is 13.1. The predicted molar refractivity (Wildman–Crippen MR) is 59.7 cm³/mol. The smallest absolute Gasteiger partial charge is 0.0954 e. The van der Waals surface area contributed by atoms with Crippen molar-refractivity contribution in [3.05, 3.63) is 16.1 Å². The summed E-state index contributed by atoms with van der Waals surface area (Å²) in [5.41, 5.74) is 1.04. The van der Waals surface area contributed by atoms with Gasteiger partial charge < -0.3 is 10.4 Å². The Hall–Kier alpha value is -0.450. The quantitative estimate of drug-likeness (QED) is 0.703. The molecule has 1 aromatic heterocycles. The molecule has 0 aromatic carbocycles. The lowest BCUT2D eigenvalue weighted by Gasteiger charge is -2.09. The van der Waals surface area contributed by atoms with Crippen LogP contribution in [0.4, 0.5) is 0 Å². The molecule has 0 saturated heterocycles. The lowest BCUT2D eigenvalue weighted by Crippen LogP contribution is -2.28. The number of aryl methyl sites for hydroxylation is 1. The summed E-state index contributed by atoms with van der Waals surface area (Å²) in [6.07, 6.45) is 1.45. The van der Waals surface area contributed by atoms with Crippen LogP contribution in [0.25, 0.3) is 0 Å². The second kappa shape index (κ2) is 6.11. The van der Waals surface area contributed by atoms with Gasteiger partial charge in [-0.1, -0.05) is 6.92 Å². The Morgan fingerprint density at radius 1 is 1.64 bits per heavy atom. The molecule has 0 radical (unpaired) electrons. The first-order valence-electron chi connectivity index (χ1n) is 5.02.